The number of carbonyl (C=O) groups excluding carboxylic acids is 1. The van der Waals surface area contributed by atoms with Gasteiger partial charge < -0.3 is 19.5 Å². The number of nitrogens with zero attached hydrogens (tertiary/aromatic N) is 4. The normalized spacial score (nSPS) is 23.7. The highest BCUT2D eigenvalue weighted by Crippen LogP contribution is 2.15. The minimum absolute atomic E-state index is 0.161. The number of ether oxygens (including phenoxy) is 1. The molecule has 3 rings (SSSR count). The van der Waals surface area contributed by atoms with Gasteiger partial charge in [0.05, 0.1) is 19.3 Å². The Bertz CT molecular complexity index is 509. The summed E-state index contributed by atoms with van der Waals surface area (Å²) in [5, 5.41) is 11.8. The fourth-order valence-electron chi connectivity index (χ4n) is 3.08. The van der Waals surface area contributed by atoms with E-state index in [1.165, 1.54) is 0 Å². The number of amides is 1. The molecule has 1 aromatic heterocycles. The first kappa shape index (κ1) is 14.5. The van der Waals surface area contributed by atoms with Crippen molar-refractivity contribution in [1.82, 2.24) is 25.0 Å². The molecule has 7 nitrogen and oxygen atoms in total. The first-order valence-corrected chi connectivity index (χ1v) is 7.66. The largest absolute Gasteiger partial charge is 0.378 e. The van der Waals surface area contributed by atoms with Gasteiger partial charge in [-0.1, -0.05) is 0 Å². The molecule has 0 aliphatic carbocycles. The lowest BCUT2D eigenvalue weighted by Gasteiger charge is -2.32. The number of aromatic nitrogens is 3. The maximum absolute atomic E-state index is 12.4. The molecule has 0 bridgehead atoms. The zero-order chi connectivity index (χ0) is 14.8. The molecule has 3 heterocycles. The number of hydrogen-bond donors (Lipinski definition) is 1. The smallest absolute Gasteiger partial charge is 0.239 e. The number of hydrogen-bond acceptors (Lipinski definition) is 5. The molecule has 1 aromatic rings. The number of fused-ring (bicyclic) bond motifs is 1. The zero-order valence-electron chi connectivity index (χ0n) is 12.7. The van der Waals surface area contributed by atoms with Crippen LogP contribution in [-0.4, -0.2) is 64.0 Å². The summed E-state index contributed by atoms with van der Waals surface area (Å²) in [4.78, 5) is 14.3. The number of rotatable bonds is 3. The van der Waals surface area contributed by atoms with E-state index in [0.717, 1.165) is 31.0 Å². The standard InChI is InChI=1S/C14H23N5O2/c1-10(14(20)18-5-7-21-8-6-18)15-12-3-4-13-17-16-11(2)19(13)9-12/h10,12,15H,3-9H2,1-2H3. The van der Waals surface area contributed by atoms with Gasteiger partial charge in [-0.25, -0.2) is 0 Å². The van der Waals surface area contributed by atoms with Crippen molar-refractivity contribution in [2.24, 2.45) is 0 Å². The van der Waals surface area contributed by atoms with Gasteiger partial charge in [0.2, 0.25) is 5.91 Å². The highest BCUT2D eigenvalue weighted by atomic mass is 16.5. The minimum Gasteiger partial charge on any atom is -0.378 e. The van der Waals surface area contributed by atoms with E-state index in [4.69, 9.17) is 4.74 Å². The van der Waals surface area contributed by atoms with Crippen molar-refractivity contribution in [2.45, 2.75) is 45.3 Å². The Morgan fingerprint density at radius 1 is 1.38 bits per heavy atom. The van der Waals surface area contributed by atoms with Gasteiger partial charge in [-0.2, -0.15) is 0 Å². The minimum atomic E-state index is -0.161. The van der Waals surface area contributed by atoms with Gasteiger partial charge in [-0.15, -0.1) is 10.2 Å². The third-order valence-corrected chi connectivity index (χ3v) is 4.31. The van der Waals surface area contributed by atoms with Crippen molar-refractivity contribution in [3.8, 4) is 0 Å². The van der Waals surface area contributed by atoms with Gasteiger partial charge in [0, 0.05) is 32.1 Å². The van der Waals surface area contributed by atoms with Crippen molar-refractivity contribution < 1.29 is 9.53 Å². The van der Waals surface area contributed by atoms with E-state index >= 15 is 0 Å². The lowest BCUT2D eigenvalue weighted by Crippen LogP contribution is -2.52. The van der Waals surface area contributed by atoms with Crippen LogP contribution in [-0.2, 0) is 22.5 Å². The third kappa shape index (κ3) is 3.08. The van der Waals surface area contributed by atoms with Gasteiger partial charge in [0.15, 0.2) is 0 Å². The van der Waals surface area contributed by atoms with Crippen LogP contribution in [0.5, 0.6) is 0 Å². The van der Waals surface area contributed by atoms with Gasteiger partial charge in [-0.05, 0) is 20.3 Å². The molecule has 1 amide bonds. The van der Waals surface area contributed by atoms with Crippen LogP contribution in [0.15, 0.2) is 0 Å². The Morgan fingerprint density at radius 3 is 2.90 bits per heavy atom. The first-order chi connectivity index (χ1) is 10.1. The summed E-state index contributed by atoms with van der Waals surface area (Å²) in [6.07, 6.45) is 1.91. The summed E-state index contributed by atoms with van der Waals surface area (Å²) in [5.74, 6) is 2.17. The van der Waals surface area contributed by atoms with Crippen molar-refractivity contribution in [2.75, 3.05) is 26.3 Å². The van der Waals surface area contributed by atoms with Crippen LogP contribution < -0.4 is 5.32 Å². The van der Waals surface area contributed by atoms with Crippen LogP contribution in [0, 0.1) is 6.92 Å². The van der Waals surface area contributed by atoms with Crippen LogP contribution in [0.2, 0.25) is 0 Å². The van der Waals surface area contributed by atoms with E-state index in [1.54, 1.807) is 0 Å². The summed E-state index contributed by atoms with van der Waals surface area (Å²) in [6.45, 7) is 7.45. The molecule has 1 fully saturated rings. The molecule has 1 N–H and O–H groups in total. The van der Waals surface area contributed by atoms with Crippen molar-refractivity contribution >= 4 is 5.91 Å². The maximum Gasteiger partial charge on any atom is 0.239 e. The highest BCUT2D eigenvalue weighted by molar-refractivity contribution is 5.81. The summed E-state index contributed by atoms with van der Waals surface area (Å²) in [6, 6.07) is 0.138. The molecule has 0 radical (unpaired) electrons. The second kappa shape index (κ2) is 6.11. The molecular weight excluding hydrogens is 270 g/mol. The van der Waals surface area contributed by atoms with Gasteiger partial charge in [-0.3, -0.25) is 4.79 Å². The predicted octanol–water partition coefficient (Wildman–Crippen LogP) is -0.262. The van der Waals surface area contributed by atoms with E-state index in [9.17, 15) is 4.79 Å². The van der Waals surface area contributed by atoms with Crippen molar-refractivity contribution in [3.63, 3.8) is 0 Å². The number of morpholine rings is 1. The molecule has 1 saturated heterocycles. The average Bonchev–Trinajstić information content (AvgIpc) is 2.88. The van der Waals surface area contributed by atoms with E-state index in [2.05, 4.69) is 20.1 Å². The third-order valence-electron chi connectivity index (χ3n) is 4.31. The molecule has 2 aliphatic rings. The summed E-state index contributed by atoms with van der Waals surface area (Å²) >= 11 is 0. The molecular formula is C14H23N5O2. The monoisotopic (exact) mass is 293 g/mol. The Balaban J connectivity index is 1.57. The molecule has 116 valence electrons. The first-order valence-electron chi connectivity index (χ1n) is 7.66. The van der Waals surface area contributed by atoms with Crippen LogP contribution in [0.3, 0.4) is 0 Å². The molecule has 2 atom stereocenters. The fraction of sp³-hybridized carbons (Fsp3) is 0.786. The second-order valence-electron chi connectivity index (χ2n) is 5.84. The van der Waals surface area contributed by atoms with Crippen LogP contribution in [0.4, 0.5) is 0 Å². The molecule has 0 spiro atoms. The quantitative estimate of drug-likeness (QED) is 0.831. The Kier molecular flexibility index (Phi) is 4.21. The molecule has 2 aliphatic heterocycles. The lowest BCUT2D eigenvalue weighted by molar-refractivity contribution is -0.137. The molecule has 21 heavy (non-hydrogen) atoms. The van der Waals surface area contributed by atoms with Crippen molar-refractivity contribution in [1.29, 1.82) is 0 Å². The average molecular weight is 293 g/mol. The van der Waals surface area contributed by atoms with Crippen LogP contribution in [0.1, 0.15) is 25.0 Å². The topological polar surface area (TPSA) is 72.3 Å². The lowest BCUT2D eigenvalue weighted by atomic mass is 10.1. The molecule has 2 unspecified atom stereocenters. The van der Waals surface area contributed by atoms with Crippen LogP contribution in [0.25, 0.3) is 0 Å². The van der Waals surface area contributed by atoms with E-state index in [-0.39, 0.29) is 11.9 Å². The maximum atomic E-state index is 12.4. The molecule has 7 heteroatoms. The van der Waals surface area contributed by atoms with E-state index in [0.29, 0.717) is 32.3 Å². The fourth-order valence-corrected chi connectivity index (χ4v) is 3.08. The Morgan fingerprint density at radius 2 is 2.14 bits per heavy atom. The summed E-state index contributed by atoms with van der Waals surface area (Å²) < 4.78 is 7.44. The SMILES string of the molecule is Cc1nnc2n1CC(NC(C)C(=O)N1CCOCC1)CC2. The van der Waals surface area contributed by atoms with Gasteiger partial charge >= 0.3 is 0 Å². The zero-order valence-corrected chi connectivity index (χ0v) is 12.7. The number of aryl methyl sites for hydroxylation is 2. The van der Waals surface area contributed by atoms with Gasteiger partial charge in [0.1, 0.15) is 11.6 Å². The number of carbonyl (C=O) groups is 1. The Labute approximate surface area is 124 Å². The Hall–Kier alpha value is -1.47. The van der Waals surface area contributed by atoms with E-state index in [1.807, 2.05) is 18.7 Å². The predicted molar refractivity (Wildman–Crippen MR) is 76.9 cm³/mol. The molecule has 0 saturated carbocycles. The highest BCUT2D eigenvalue weighted by Gasteiger charge is 2.27. The summed E-state index contributed by atoms with van der Waals surface area (Å²) in [7, 11) is 0. The van der Waals surface area contributed by atoms with Crippen molar-refractivity contribution in [3.05, 3.63) is 11.6 Å². The summed E-state index contributed by atoms with van der Waals surface area (Å²) in [5.41, 5.74) is 0. The number of nitrogens with one attached hydrogen (secondary N) is 1. The second-order valence-corrected chi connectivity index (χ2v) is 5.84. The van der Waals surface area contributed by atoms with E-state index < -0.39 is 0 Å². The van der Waals surface area contributed by atoms with Gasteiger partial charge in [0.25, 0.3) is 0 Å². The molecule has 0 aromatic carbocycles. The van der Waals surface area contributed by atoms with Crippen LogP contribution >= 0.6 is 0 Å².